The van der Waals surface area contributed by atoms with Gasteiger partial charge in [-0.1, -0.05) is 6.07 Å². The van der Waals surface area contributed by atoms with Gasteiger partial charge in [0.15, 0.2) is 0 Å². The SMILES string of the molecule is Cc1cc(F)ccc1CCNCc1cnn(C)c1C. The van der Waals surface area contributed by atoms with Crippen molar-refractivity contribution in [3.8, 4) is 0 Å². The Bertz CT molecular complexity index is 561. The molecule has 4 heteroatoms. The summed E-state index contributed by atoms with van der Waals surface area (Å²) in [7, 11) is 1.95. The van der Waals surface area contributed by atoms with Gasteiger partial charge >= 0.3 is 0 Å². The molecule has 3 nitrogen and oxygen atoms in total. The van der Waals surface area contributed by atoms with Gasteiger partial charge in [-0.05, 0) is 50.1 Å². The molecular formula is C15H20FN3. The highest BCUT2D eigenvalue weighted by molar-refractivity contribution is 5.26. The molecule has 1 aromatic heterocycles. The average Bonchev–Trinajstić information content (AvgIpc) is 2.68. The zero-order valence-electron chi connectivity index (χ0n) is 11.7. The predicted octanol–water partition coefficient (Wildman–Crippen LogP) is 2.51. The lowest BCUT2D eigenvalue weighted by Gasteiger charge is -2.07. The maximum absolute atomic E-state index is 13.0. The summed E-state index contributed by atoms with van der Waals surface area (Å²) in [6, 6.07) is 4.97. The first-order valence-corrected chi connectivity index (χ1v) is 6.51. The van der Waals surface area contributed by atoms with Crippen molar-refractivity contribution < 1.29 is 4.39 Å². The number of benzene rings is 1. The van der Waals surface area contributed by atoms with Crippen LogP contribution in [0.2, 0.25) is 0 Å². The first-order valence-electron chi connectivity index (χ1n) is 6.51. The highest BCUT2D eigenvalue weighted by Crippen LogP contribution is 2.10. The van der Waals surface area contributed by atoms with Crippen molar-refractivity contribution in [2.45, 2.75) is 26.8 Å². The largest absolute Gasteiger partial charge is 0.312 e. The van der Waals surface area contributed by atoms with E-state index in [-0.39, 0.29) is 5.82 Å². The van der Waals surface area contributed by atoms with E-state index in [4.69, 9.17) is 0 Å². The first-order chi connectivity index (χ1) is 9.08. The fraction of sp³-hybridized carbons (Fsp3) is 0.400. The zero-order chi connectivity index (χ0) is 13.8. The van der Waals surface area contributed by atoms with E-state index < -0.39 is 0 Å². The molecule has 0 spiro atoms. The van der Waals surface area contributed by atoms with Gasteiger partial charge in [0.25, 0.3) is 0 Å². The predicted molar refractivity (Wildman–Crippen MR) is 74.5 cm³/mol. The van der Waals surface area contributed by atoms with Crippen LogP contribution in [0.5, 0.6) is 0 Å². The maximum atomic E-state index is 13.0. The van der Waals surface area contributed by atoms with Crippen molar-refractivity contribution in [1.82, 2.24) is 15.1 Å². The Labute approximate surface area is 113 Å². The van der Waals surface area contributed by atoms with Crippen molar-refractivity contribution in [3.63, 3.8) is 0 Å². The van der Waals surface area contributed by atoms with E-state index >= 15 is 0 Å². The van der Waals surface area contributed by atoms with Gasteiger partial charge in [0, 0.05) is 24.8 Å². The van der Waals surface area contributed by atoms with Gasteiger partial charge in [-0.2, -0.15) is 5.10 Å². The number of rotatable bonds is 5. The van der Waals surface area contributed by atoms with Crippen LogP contribution in [-0.2, 0) is 20.0 Å². The molecule has 0 saturated heterocycles. The van der Waals surface area contributed by atoms with Gasteiger partial charge < -0.3 is 5.32 Å². The maximum Gasteiger partial charge on any atom is 0.123 e. The lowest BCUT2D eigenvalue weighted by molar-refractivity contribution is 0.624. The summed E-state index contributed by atoms with van der Waals surface area (Å²) in [6.45, 7) is 5.71. The Kier molecular flexibility index (Phi) is 4.32. The van der Waals surface area contributed by atoms with E-state index in [0.717, 1.165) is 25.1 Å². The van der Waals surface area contributed by atoms with E-state index in [1.54, 1.807) is 6.07 Å². The van der Waals surface area contributed by atoms with E-state index in [1.807, 2.05) is 30.9 Å². The number of nitrogens with zero attached hydrogens (tertiary/aromatic N) is 2. The minimum atomic E-state index is -0.166. The summed E-state index contributed by atoms with van der Waals surface area (Å²) in [4.78, 5) is 0. The molecule has 19 heavy (non-hydrogen) atoms. The molecule has 0 unspecified atom stereocenters. The normalized spacial score (nSPS) is 10.9. The topological polar surface area (TPSA) is 29.9 Å². The number of nitrogens with one attached hydrogen (secondary N) is 1. The van der Waals surface area contributed by atoms with Crippen molar-refractivity contribution in [2.75, 3.05) is 6.54 Å². The summed E-state index contributed by atoms with van der Waals surface area (Å²) >= 11 is 0. The second-order valence-corrected chi connectivity index (χ2v) is 4.88. The van der Waals surface area contributed by atoms with Crippen LogP contribution in [0, 0.1) is 19.7 Å². The fourth-order valence-corrected chi connectivity index (χ4v) is 2.10. The molecule has 1 aromatic carbocycles. The second-order valence-electron chi connectivity index (χ2n) is 4.88. The fourth-order valence-electron chi connectivity index (χ4n) is 2.10. The summed E-state index contributed by atoms with van der Waals surface area (Å²) in [5, 5.41) is 7.61. The third kappa shape index (κ3) is 3.41. The molecule has 0 aliphatic heterocycles. The molecule has 0 bridgehead atoms. The Morgan fingerprint density at radius 3 is 2.68 bits per heavy atom. The molecule has 2 rings (SSSR count). The third-order valence-corrected chi connectivity index (χ3v) is 3.53. The van der Waals surface area contributed by atoms with Gasteiger partial charge in [-0.15, -0.1) is 0 Å². The molecule has 0 aliphatic rings. The molecule has 0 saturated carbocycles. The number of aryl methyl sites for hydroxylation is 2. The molecule has 0 fully saturated rings. The summed E-state index contributed by atoms with van der Waals surface area (Å²) < 4.78 is 14.9. The molecule has 1 N–H and O–H groups in total. The number of hydrogen-bond acceptors (Lipinski definition) is 2. The third-order valence-electron chi connectivity index (χ3n) is 3.53. The number of hydrogen-bond donors (Lipinski definition) is 1. The van der Waals surface area contributed by atoms with Gasteiger partial charge in [0.05, 0.1) is 6.20 Å². The van der Waals surface area contributed by atoms with Crippen LogP contribution in [0.25, 0.3) is 0 Å². The molecule has 102 valence electrons. The van der Waals surface area contributed by atoms with Crippen LogP contribution in [0.4, 0.5) is 4.39 Å². The first kappa shape index (κ1) is 13.7. The van der Waals surface area contributed by atoms with Crippen LogP contribution < -0.4 is 5.32 Å². The highest BCUT2D eigenvalue weighted by Gasteiger charge is 2.03. The molecule has 0 aliphatic carbocycles. The van der Waals surface area contributed by atoms with Crippen LogP contribution in [-0.4, -0.2) is 16.3 Å². The molecule has 0 radical (unpaired) electrons. The van der Waals surface area contributed by atoms with Crippen LogP contribution in [0.1, 0.15) is 22.4 Å². The van der Waals surface area contributed by atoms with Crippen LogP contribution in [0.3, 0.4) is 0 Å². The molecular weight excluding hydrogens is 241 g/mol. The van der Waals surface area contributed by atoms with Gasteiger partial charge in [0.1, 0.15) is 5.82 Å². The summed E-state index contributed by atoms with van der Waals surface area (Å²) in [5.41, 5.74) is 4.61. The van der Waals surface area contributed by atoms with E-state index in [0.29, 0.717) is 0 Å². The lowest BCUT2D eigenvalue weighted by atomic mass is 10.1. The summed E-state index contributed by atoms with van der Waals surface area (Å²) in [5.74, 6) is -0.166. The van der Waals surface area contributed by atoms with Gasteiger partial charge in [0.2, 0.25) is 0 Å². The lowest BCUT2D eigenvalue weighted by Crippen LogP contribution is -2.17. The molecule has 0 amide bonds. The van der Waals surface area contributed by atoms with E-state index in [2.05, 4.69) is 17.3 Å². The van der Waals surface area contributed by atoms with E-state index in [9.17, 15) is 4.39 Å². The second kappa shape index (κ2) is 5.97. The number of halogens is 1. The average molecular weight is 261 g/mol. The van der Waals surface area contributed by atoms with Gasteiger partial charge in [-0.25, -0.2) is 4.39 Å². The Morgan fingerprint density at radius 2 is 2.05 bits per heavy atom. The minimum absolute atomic E-state index is 0.166. The smallest absolute Gasteiger partial charge is 0.123 e. The van der Waals surface area contributed by atoms with Crippen molar-refractivity contribution in [2.24, 2.45) is 7.05 Å². The van der Waals surface area contributed by atoms with Crippen molar-refractivity contribution in [1.29, 1.82) is 0 Å². The zero-order valence-corrected chi connectivity index (χ0v) is 11.7. The Balaban J connectivity index is 1.82. The molecule has 2 aromatic rings. The van der Waals surface area contributed by atoms with Gasteiger partial charge in [-0.3, -0.25) is 4.68 Å². The van der Waals surface area contributed by atoms with Crippen molar-refractivity contribution in [3.05, 3.63) is 52.6 Å². The van der Waals surface area contributed by atoms with Crippen molar-refractivity contribution >= 4 is 0 Å². The minimum Gasteiger partial charge on any atom is -0.312 e. The quantitative estimate of drug-likeness (QED) is 0.838. The molecule has 0 atom stereocenters. The summed E-state index contributed by atoms with van der Waals surface area (Å²) in [6.07, 6.45) is 2.80. The Hall–Kier alpha value is -1.68. The number of aromatic nitrogens is 2. The standard InChI is InChI=1S/C15H20FN3/c1-11-8-15(16)5-4-13(11)6-7-17-9-14-10-18-19(3)12(14)2/h4-5,8,10,17H,6-7,9H2,1-3H3. The molecule has 1 heterocycles. The van der Waals surface area contributed by atoms with Crippen LogP contribution in [0.15, 0.2) is 24.4 Å². The van der Waals surface area contributed by atoms with E-state index in [1.165, 1.54) is 22.9 Å². The highest BCUT2D eigenvalue weighted by atomic mass is 19.1. The monoisotopic (exact) mass is 261 g/mol. The van der Waals surface area contributed by atoms with Crippen LogP contribution >= 0.6 is 0 Å². The Morgan fingerprint density at radius 1 is 1.26 bits per heavy atom.